The lowest BCUT2D eigenvalue weighted by atomic mass is 10.0. The number of phosphoric ester groups is 1. The Morgan fingerprint density at radius 2 is 0.885 bits per heavy atom. The van der Waals surface area contributed by atoms with E-state index in [1.807, 2.05) is 94.1 Å². The lowest BCUT2D eigenvalue weighted by Crippen LogP contribution is -2.47. The van der Waals surface area contributed by atoms with Crippen LogP contribution in [0.1, 0.15) is 220 Å². The van der Waals surface area contributed by atoms with Crippen LogP contribution in [0.2, 0.25) is 0 Å². The van der Waals surface area contributed by atoms with Crippen molar-refractivity contribution in [1.82, 2.24) is 5.32 Å². The average Bonchev–Trinajstić information content (AvgIpc) is 3.40. The molecule has 0 aliphatic carbocycles. The number of esters is 1. The van der Waals surface area contributed by atoms with Gasteiger partial charge in [0.05, 0.1) is 33.8 Å². The van der Waals surface area contributed by atoms with Crippen molar-refractivity contribution < 1.29 is 37.3 Å². The van der Waals surface area contributed by atoms with E-state index in [2.05, 4.69) is 99.0 Å². The number of ether oxygens (including phenoxy) is 1. The minimum Gasteiger partial charge on any atom is -0.456 e. The van der Waals surface area contributed by atoms with Crippen LogP contribution >= 0.6 is 7.82 Å². The zero-order valence-corrected chi connectivity index (χ0v) is 51.2. The van der Waals surface area contributed by atoms with Crippen LogP contribution in [-0.4, -0.2) is 74.3 Å². The van der Waals surface area contributed by atoms with Gasteiger partial charge in [0.2, 0.25) is 5.91 Å². The van der Waals surface area contributed by atoms with Gasteiger partial charge in [0, 0.05) is 12.8 Å². The van der Waals surface area contributed by atoms with Gasteiger partial charge < -0.3 is 19.4 Å². The van der Waals surface area contributed by atoms with E-state index in [1.54, 1.807) is 0 Å². The van der Waals surface area contributed by atoms with E-state index >= 15 is 0 Å². The molecule has 0 bridgehead atoms. The Kier molecular flexibility index (Phi) is 53.2. The third-order valence-electron chi connectivity index (χ3n) is 12.7. The fourth-order valence-electron chi connectivity index (χ4n) is 8.00. The van der Waals surface area contributed by atoms with Crippen LogP contribution in [0.15, 0.2) is 146 Å². The van der Waals surface area contributed by atoms with Gasteiger partial charge in [-0.25, -0.2) is 4.57 Å². The van der Waals surface area contributed by atoms with E-state index in [9.17, 15) is 19.0 Å². The Bertz CT molecular complexity index is 1840. The standard InChI is InChI=1S/C68H113N2O7P/c1-7-10-13-16-19-22-25-28-30-32-33-34-35-36-37-39-40-42-45-48-51-54-57-60-67(71)69-65(64-76-78(73,74)75-63-62-70(4,5)6)66(59-56-53-50-47-44-27-24-21-18-15-12-9-3)77-68(72)61-58-55-52-49-46-43-41-38-31-29-26-23-20-17-14-11-8-2/h10-11,13-14,17,19-20,22-23,26,28-31,33-34,36-38,41,43,46,56,59,65-66H,7-9,12,15-16,18,21,24-25,27,32,35,39-40,42,44-45,47-55,57-58,60-64H2,1-6H3,(H-,69,71,73,74)/p+1/b13-10-,14-11-,20-17+,22-19-,26-23+,30-28-,31-29-,34-33-,37-36-,41-38+,46-43+,59-56-. The number of unbranched alkanes of at least 4 members (excludes halogenated alkanes) is 20. The molecule has 0 aliphatic rings. The maximum Gasteiger partial charge on any atom is 0.472 e. The predicted octanol–water partition coefficient (Wildman–Crippen LogP) is 19.0. The largest absolute Gasteiger partial charge is 0.472 e. The number of amides is 1. The number of quaternary nitrogens is 1. The monoisotopic (exact) mass is 1100 g/mol. The molecule has 0 aromatic rings. The van der Waals surface area contributed by atoms with Crippen molar-refractivity contribution >= 4 is 19.7 Å². The fraction of sp³-hybridized carbons (Fsp3) is 0.618. The van der Waals surface area contributed by atoms with Crippen molar-refractivity contribution in [2.45, 2.75) is 232 Å². The second-order valence-corrected chi connectivity index (χ2v) is 22.7. The minimum atomic E-state index is -4.47. The predicted molar refractivity (Wildman–Crippen MR) is 336 cm³/mol. The van der Waals surface area contributed by atoms with Crippen LogP contribution < -0.4 is 5.32 Å². The summed E-state index contributed by atoms with van der Waals surface area (Å²) in [5.74, 6) is -0.581. The number of rotatable bonds is 53. The Morgan fingerprint density at radius 3 is 1.40 bits per heavy atom. The molecule has 3 unspecified atom stereocenters. The van der Waals surface area contributed by atoms with Crippen molar-refractivity contribution in [2.24, 2.45) is 0 Å². The van der Waals surface area contributed by atoms with Gasteiger partial charge in [0.1, 0.15) is 19.3 Å². The SMILES string of the molecule is CC\C=C/C=C/C=C/C=C\C=C\C=C\CCCCCC(=O)OC(/C=C\CCCCCCCCCCCC)C(COP(=O)(O)OCC[N+](C)(C)C)NC(=O)CCCCCCCCC/C=C\C/C=C\C/C=C\C/C=C\C/C=C\CC. The molecular weight excluding hydrogens is 988 g/mol. The summed E-state index contributed by atoms with van der Waals surface area (Å²) in [7, 11) is 1.44. The van der Waals surface area contributed by atoms with E-state index in [0.717, 1.165) is 109 Å². The number of phosphoric acid groups is 1. The molecule has 9 nitrogen and oxygen atoms in total. The molecule has 0 saturated carbocycles. The molecule has 10 heteroatoms. The van der Waals surface area contributed by atoms with Gasteiger partial charge in [-0.05, 0) is 96.0 Å². The van der Waals surface area contributed by atoms with Crippen molar-refractivity contribution in [1.29, 1.82) is 0 Å². The van der Waals surface area contributed by atoms with Gasteiger partial charge in [0.15, 0.2) is 0 Å². The summed E-state index contributed by atoms with van der Waals surface area (Å²) in [6, 6.07) is -0.885. The maximum atomic E-state index is 13.6. The zero-order valence-electron chi connectivity index (χ0n) is 50.3. The van der Waals surface area contributed by atoms with Crippen molar-refractivity contribution in [3.8, 4) is 0 Å². The van der Waals surface area contributed by atoms with Gasteiger partial charge in [-0.1, -0.05) is 257 Å². The molecular formula is C68H114N2O7P+. The highest BCUT2D eigenvalue weighted by Crippen LogP contribution is 2.43. The number of carbonyl (C=O) groups is 2. The fourth-order valence-corrected chi connectivity index (χ4v) is 8.73. The Labute approximate surface area is 478 Å². The van der Waals surface area contributed by atoms with Crippen molar-refractivity contribution in [2.75, 3.05) is 40.9 Å². The summed E-state index contributed by atoms with van der Waals surface area (Å²) in [5.41, 5.74) is 0. The van der Waals surface area contributed by atoms with E-state index in [1.165, 1.54) is 70.6 Å². The van der Waals surface area contributed by atoms with Crippen LogP contribution in [0.4, 0.5) is 0 Å². The van der Waals surface area contributed by atoms with E-state index in [4.69, 9.17) is 13.8 Å². The zero-order chi connectivity index (χ0) is 57.2. The maximum absolute atomic E-state index is 13.6. The number of hydrogen-bond acceptors (Lipinski definition) is 6. The summed E-state index contributed by atoms with van der Waals surface area (Å²) >= 11 is 0. The number of carbonyl (C=O) groups excluding carboxylic acids is 2. The van der Waals surface area contributed by atoms with E-state index in [0.29, 0.717) is 23.9 Å². The molecule has 0 aromatic carbocycles. The molecule has 78 heavy (non-hydrogen) atoms. The molecule has 0 fully saturated rings. The first-order valence-corrected chi connectivity index (χ1v) is 32.2. The molecule has 0 aromatic heterocycles. The normalized spacial score (nSPS) is 14.7. The highest BCUT2D eigenvalue weighted by Gasteiger charge is 2.30. The molecule has 1 amide bonds. The van der Waals surface area contributed by atoms with E-state index in [-0.39, 0.29) is 31.5 Å². The smallest absolute Gasteiger partial charge is 0.456 e. The molecule has 0 heterocycles. The van der Waals surface area contributed by atoms with Crippen molar-refractivity contribution in [3.05, 3.63) is 146 Å². The Hall–Kier alpha value is -4.11. The Morgan fingerprint density at radius 1 is 0.474 bits per heavy atom. The van der Waals surface area contributed by atoms with Gasteiger partial charge in [-0.2, -0.15) is 0 Å². The molecule has 0 rings (SSSR count). The molecule has 3 atom stereocenters. The van der Waals surface area contributed by atoms with Gasteiger partial charge >= 0.3 is 13.8 Å². The molecule has 0 radical (unpaired) electrons. The molecule has 0 saturated heterocycles. The number of likely N-dealkylation sites (N-methyl/N-ethyl adjacent to an activating group) is 1. The van der Waals surface area contributed by atoms with Gasteiger partial charge in [0.25, 0.3) is 0 Å². The van der Waals surface area contributed by atoms with Crippen molar-refractivity contribution in [3.63, 3.8) is 0 Å². The average molecular weight is 1100 g/mol. The number of nitrogens with one attached hydrogen (secondary N) is 1. The summed E-state index contributed by atoms with van der Waals surface area (Å²) in [5, 5.41) is 3.03. The van der Waals surface area contributed by atoms with Gasteiger partial charge in [-0.3, -0.25) is 18.6 Å². The first kappa shape index (κ1) is 73.9. The van der Waals surface area contributed by atoms with Crippen LogP contribution in [0, 0.1) is 0 Å². The topological polar surface area (TPSA) is 111 Å². The summed E-state index contributed by atoms with van der Waals surface area (Å²) in [4.78, 5) is 37.7. The number of nitrogens with zero attached hydrogens (tertiary/aromatic N) is 1. The van der Waals surface area contributed by atoms with E-state index < -0.39 is 20.0 Å². The Balaban J connectivity index is 5.35. The van der Waals surface area contributed by atoms with Gasteiger partial charge in [-0.15, -0.1) is 0 Å². The second-order valence-electron chi connectivity index (χ2n) is 21.3. The van der Waals surface area contributed by atoms with Crippen LogP contribution in [0.25, 0.3) is 0 Å². The lowest BCUT2D eigenvalue weighted by Gasteiger charge is -2.27. The third-order valence-corrected chi connectivity index (χ3v) is 13.7. The first-order chi connectivity index (χ1) is 37.9. The van der Waals surface area contributed by atoms with Crippen LogP contribution in [-0.2, 0) is 27.9 Å². The third kappa shape index (κ3) is 56.6. The minimum absolute atomic E-state index is 0.0212. The first-order valence-electron chi connectivity index (χ1n) is 30.7. The second kappa shape index (κ2) is 56.2. The number of allylic oxidation sites excluding steroid dienone is 23. The molecule has 2 N–H and O–H groups in total. The summed E-state index contributed by atoms with van der Waals surface area (Å²) < 4.78 is 30.6. The molecule has 0 aliphatic heterocycles. The molecule has 442 valence electrons. The quantitative estimate of drug-likeness (QED) is 0.0156. The lowest BCUT2D eigenvalue weighted by molar-refractivity contribution is -0.870. The van der Waals surface area contributed by atoms with Crippen LogP contribution in [0.5, 0.6) is 0 Å². The molecule has 0 spiro atoms. The summed E-state index contributed by atoms with van der Waals surface area (Å²) in [6.07, 6.45) is 81.3. The summed E-state index contributed by atoms with van der Waals surface area (Å²) in [6.45, 7) is 6.69. The number of hydrogen-bond donors (Lipinski definition) is 2. The highest BCUT2D eigenvalue weighted by molar-refractivity contribution is 7.47. The van der Waals surface area contributed by atoms with Crippen LogP contribution in [0.3, 0.4) is 0 Å². The highest BCUT2D eigenvalue weighted by atomic mass is 31.2.